The van der Waals surface area contributed by atoms with E-state index in [1.807, 2.05) is 13.1 Å². The summed E-state index contributed by atoms with van der Waals surface area (Å²) in [5.41, 5.74) is 0. The first-order chi connectivity index (χ1) is 9.85. The van der Waals surface area contributed by atoms with Crippen molar-refractivity contribution in [2.45, 2.75) is 6.54 Å². The fraction of sp³-hybridized carbons (Fsp3) is 0.500. The molecule has 2 aromatic heterocycles. The van der Waals surface area contributed by atoms with Gasteiger partial charge < -0.3 is 10.2 Å². The highest BCUT2D eigenvalue weighted by Crippen LogP contribution is 2.17. The second-order valence-electron chi connectivity index (χ2n) is 4.56. The van der Waals surface area contributed by atoms with Crippen LogP contribution in [0.25, 0.3) is 0 Å². The number of hydrogen-bond donors (Lipinski definition) is 1. The molecule has 1 aliphatic heterocycles. The van der Waals surface area contributed by atoms with Crippen LogP contribution in [0.5, 0.6) is 0 Å². The maximum atomic E-state index is 4.29. The van der Waals surface area contributed by atoms with Gasteiger partial charge in [0, 0.05) is 45.6 Å². The molecule has 0 amide bonds. The average Bonchev–Trinajstić information content (AvgIpc) is 2.97. The molecule has 0 saturated carbocycles. The molecule has 3 rings (SSSR count). The highest BCUT2D eigenvalue weighted by molar-refractivity contribution is 7.15. The van der Waals surface area contributed by atoms with E-state index in [0.717, 1.165) is 48.8 Å². The molecule has 8 heteroatoms. The third kappa shape index (κ3) is 3.02. The van der Waals surface area contributed by atoms with Crippen molar-refractivity contribution in [2.75, 3.05) is 43.4 Å². The lowest BCUT2D eigenvalue weighted by Gasteiger charge is -2.34. The summed E-state index contributed by atoms with van der Waals surface area (Å²) in [6.45, 7) is 4.74. The molecule has 0 aromatic carbocycles. The Morgan fingerprint density at radius 2 is 1.90 bits per heavy atom. The molecule has 0 atom stereocenters. The van der Waals surface area contributed by atoms with E-state index in [1.165, 1.54) is 0 Å². The first-order valence-electron chi connectivity index (χ1n) is 6.59. The molecule has 106 valence electrons. The van der Waals surface area contributed by atoms with Gasteiger partial charge in [-0.25, -0.2) is 9.97 Å². The molecule has 1 fully saturated rings. The maximum absolute atomic E-state index is 4.29. The minimum atomic E-state index is 0.820. The Balaban J connectivity index is 1.53. The van der Waals surface area contributed by atoms with Crippen molar-refractivity contribution in [3.63, 3.8) is 0 Å². The van der Waals surface area contributed by atoms with Gasteiger partial charge in [-0.2, -0.15) is 0 Å². The van der Waals surface area contributed by atoms with Gasteiger partial charge in [-0.3, -0.25) is 4.90 Å². The average molecular weight is 291 g/mol. The first-order valence-corrected chi connectivity index (χ1v) is 7.41. The van der Waals surface area contributed by atoms with Crippen LogP contribution in [0, 0.1) is 0 Å². The molecule has 1 saturated heterocycles. The Morgan fingerprint density at radius 3 is 2.55 bits per heavy atom. The predicted octanol–water partition coefficient (Wildman–Crippen LogP) is 0.692. The van der Waals surface area contributed by atoms with Gasteiger partial charge in [-0.15, -0.1) is 10.2 Å². The van der Waals surface area contributed by atoms with Crippen LogP contribution in [0.15, 0.2) is 18.5 Å². The Hall–Kier alpha value is -1.80. The molecule has 3 heterocycles. The third-order valence-corrected chi connectivity index (χ3v) is 4.17. The molecule has 0 bridgehead atoms. The zero-order valence-electron chi connectivity index (χ0n) is 11.4. The van der Waals surface area contributed by atoms with E-state index in [9.17, 15) is 0 Å². The number of nitrogens with zero attached hydrogens (tertiary/aromatic N) is 6. The fourth-order valence-corrected chi connectivity index (χ4v) is 2.91. The SMILES string of the molecule is CNc1nnc(CN2CCN(c3ncccn3)CC2)s1. The van der Waals surface area contributed by atoms with Crippen molar-refractivity contribution < 1.29 is 0 Å². The van der Waals surface area contributed by atoms with Crippen molar-refractivity contribution in [1.29, 1.82) is 0 Å². The minimum absolute atomic E-state index is 0.820. The van der Waals surface area contributed by atoms with Crippen LogP contribution in [0.3, 0.4) is 0 Å². The van der Waals surface area contributed by atoms with E-state index in [4.69, 9.17) is 0 Å². The van der Waals surface area contributed by atoms with Gasteiger partial charge in [0.25, 0.3) is 0 Å². The molecule has 20 heavy (non-hydrogen) atoms. The molecule has 0 spiro atoms. The standard InChI is InChI=1S/C12H17N7S/c1-13-12-17-16-10(20-12)9-18-5-7-19(8-6-18)11-14-3-2-4-15-11/h2-4H,5-9H2,1H3,(H,13,17). The van der Waals surface area contributed by atoms with E-state index < -0.39 is 0 Å². The highest BCUT2D eigenvalue weighted by Gasteiger charge is 2.19. The van der Waals surface area contributed by atoms with E-state index in [1.54, 1.807) is 23.7 Å². The second kappa shape index (κ2) is 6.10. The van der Waals surface area contributed by atoms with Gasteiger partial charge in [0.05, 0.1) is 6.54 Å². The normalized spacial score (nSPS) is 16.4. The third-order valence-electron chi connectivity index (χ3n) is 3.25. The van der Waals surface area contributed by atoms with Crippen LogP contribution in [-0.2, 0) is 6.54 Å². The molecule has 2 aromatic rings. The Kier molecular flexibility index (Phi) is 4.03. The van der Waals surface area contributed by atoms with Crippen LogP contribution >= 0.6 is 11.3 Å². The largest absolute Gasteiger partial charge is 0.363 e. The van der Waals surface area contributed by atoms with E-state index in [0.29, 0.717) is 0 Å². The van der Waals surface area contributed by atoms with Crippen LogP contribution < -0.4 is 10.2 Å². The topological polar surface area (TPSA) is 70.1 Å². The van der Waals surface area contributed by atoms with Gasteiger partial charge in [0.1, 0.15) is 5.01 Å². The van der Waals surface area contributed by atoms with Gasteiger partial charge in [0.15, 0.2) is 0 Å². The molecule has 0 aliphatic carbocycles. The van der Waals surface area contributed by atoms with Crippen LogP contribution in [0.1, 0.15) is 5.01 Å². The zero-order valence-corrected chi connectivity index (χ0v) is 12.2. The Morgan fingerprint density at radius 1 is 1.15 bits per heavy atom. The van der Waals surface area contributed by atoms with Crippen molar-refractivity contribution in [2.24, 2.45) is 0 Å². The van der Waals surface area contributed by atoms with Crippen molar-refractivity contribution >= 4 is 22.4 Å². The zero-order chi connectivity index (χ0) is 13.8. The summed E-state index contributed by atoms with van der Waals surface area (Å²) in [5, 5.41) is 13.2. The predicted molar refractivity (Wildman–Crippen MR) is 79.0 cm³/mol. The van der Waals surface area contributed by atoms with Gasteiger partial charge in [-0.1, -0.05) is 11.3 Å². The Labute approximate surface area is 121 Å². The highest BCUT2D eigenvalue weighted by atomic mass is 32.1. The molecule has 0 unspecified atom stereocenters. The van der Waals surface area contributed by atoms with E-state index >= 15 is 0 Å². The molecular formula is C12H17N7S. The molecule has 7 nitrogen and oxygen atoms in total. The monoisotopic (exact) mass is 291 g/mol. The van der Waals surface area contributed by atoms with Crippen molar-refractivity contribution in [3.05, 3.63) is 23.5 Å². The number of nitrogens with one attached hydrogen (secondary N) is 1. The van der Waals surface area contributed by atoms with E-state index in [-0.39, 0.29) is 0 Å². The number of anilines is 2. The Bertz CT molecular complexity index is 536. The summed E-state index contributed by atoms with van der Waals surface area (Å²) < 4.78 is 0. The summed E-state index contributed by atoms with van der Waals surface area (Å²) in [6, 6.07) is 1.84. The summed E-state index contributed by atoms with van der Waals surface area (Å²) in [6.07, 6.45) is 3.57. The quantitative estimate of drug-likeness (QED) is 0.888. The molecule has 1 N–H and O–H groups in total. The van der Waals surface area contributed by atoms with Crippen LogP contribution in [-0.4, -0.2) is 58.3 Å². The van der Waals surface area contributed by atoms with Crippen molar-refractivity contribution in [1.82, 2.24) is 25.1 Å². The molecule has 1 aliphatic rings. The second-order valence-corrected chi connectivity index (χ2v) is 5.63. The van der Waals surface area contributed by atoms with Crippen molar-refractivity contribution in [3.8, 4) is 0 Å². The minimum Gasteiger partial charge on any atom is -0.363 e. The lowest BCUT2D eigenvalue weighted by molar-refractivity contribution is 0.248. The smallest absolute Gasteiger partial charge is 0.225 e. The van der Waals surface area contributed by atoms with E-state index in [2.05, 4.69) is 35.3 Å². The molecular weight excluding hydrogens is 274 g/mol. The maximum Gasteiger partial charge on any atom is 0.225 e. The number of aromatic nitrogens is 4. The number of piperazine rings is 1. The summed E-state index contributed by atoms with van der Waals surface area (Å²) in [5.74, 6) is 0.820. The summed E-state index contributed by atoms with van der Waals surface area (Å²) in [4.78, 5) is 13.2. The number of rotatable bonds is 4. The lowest BCUT2D eigenvalue weighted by atomic mass is 10.3. The van der Waals surface area contributed by atoms with Crippen LogP contribution in [0.2, 0.25) is 0 Å². The lowest BCUT2D eigenvalue weighted by Crippen LogP contribution is -2.46. The van der Waals surface area contributed by atoms with Crippen LogP contribution in [0.4, 0.5) is 11.1 Å². The van der Waals surface area contributed by atoms with Gasteiger partial charge in [-0.05, 0) is 6.07 Å². The number of hydrogen-bond acceptors (Lipinski definition) is 8. The molecule has 0 radical (unpaired) electrons. The summed E-state index contributed by atoms with van der Waals surface area (Å²) >= 11 is 1.61. The van der Waals surface area contributed by atoms with Gasteiger partial charge in [0.2, 0.25) is 11.1 Å². The fourth-order valence-electron chi connectivity index (χ4n) is 2.17. The van der Waals surface area contributed by atoms with Gasteiger partial charge >= 0.3 is 0 Å². The summed E-state index contributed by atoms with van der Waals surface area (Å²) in [7, 11) is 1.86. The first kappa shape index (κ1) is 13.2.